The highest BCUT2D eigenvalue weighted by atomic mass is 16.5. The molecule has 0 aliphatic carbocycles. The number of rotatable bonds is 14. The molecule has 1 heterocycles. The van der Waals surface area contributed by atoms with E-state index >= 15 is 0 Å². The van der Waals surface area contributed by atoms with Gasteiger partial charge in [0.25, 0.3) is 5.56 Å². The lowest BCUT2D eigenvalue weighted by atomic mass is 10.1. The molecule has 5 nitrogen and oxygen atoms in total. The summed E-state index contributed by atoms with van der Waals surface area (Å²) < 4.78 is 19.5. The van der Waals surface area contributed by atoms with Gasteiger partial charge in [0.2, 0.25) is 5.75 Å². The molecule has 0 N–H and O–H groups in total. The third-order valence-corrected chi connectivity index (χ3v) is 5.73. The molecule has 0 aliphatic heterocycles. The molecule has 0 saturated heterocycles. The number of aryl methyl sites for hydroxylation is 1. The number of fused-ring (bicyclic) bond motifs is 1. The summed E-state index contributed by atoms with van der Waals surface area (Å²) >= 11 is 0. The third kappa shape index (κ3) is 7.96. The lowest BCUT2D eigenvalue weighted by Gasteiger charge is -2.20. The second-order valence-electron chi connectivity index (χ2n) is 9.41. The summed E-state index contributed by atoms with van der Waals surface area (Å²) in [5.74, 6) is 1.52. The molecule has 0 fully saturated rings. The molecule has 0 bridgehead atoms. The Hall–Kier alpha value is -2.69. The molecule has 0 radical (unpaired) electrons. The van der Waals surface area contributed by atoms with Crippen molar-refractivity contribution in [2.75, 3.05) is 13.7 Å². The van der Waals surface area contributed by atoms with Crippen molar-refractivity contribution >= 4 is 10.9 Å². The van der Waals surface area contributed by atoms with Crippen LogP contribution in [0.3, 0.4) is 0 Å². The smallest absolute Gasteiger partial charge is 0.297 e. The standard InChI is InChI=1S/C29H43NO4/c1-8-9-10-11-18-30-26-20-24(32-7)15-16-25(26)27(34-22(4)5)28(29(30)31)33-19-17-23(6)14-12-13-21(2)3/h13,15-17,20,22H,8-12,14,18-19H2,1-7H3/b23-17+. The minimum atomic E-state index is -0.150. The number of methoxy groups -OCH3 is 1. The van der Waals surface area contributed by atoms with Crippen LogP contribution in [0.1, 0.15) is 80.1 Å². The van der Waals surface area contributed by atoms with Crippen molar-refractivity contribution in [3.63, 3.8) is 0 Å². The quantitative estimate of drug-likeness (QED) is 0.213. The molecular formula is C29H43NO4. The molecule has 2 aromatic rings. The first kappa shape index (κ1) is 27.6. The maximum absolute atomic E-state index is 13.7. The Kier molecular flexibility index (Phi) is 11.2. The van der Waals surface area contributed by atoms with Crippen molar-refractivity contribution in [3.8, 4) is 17.2 Å². The zero-order chi connectivity index (χ0) is 25.1. The Morgan fingerprint density at radius 1 is 1.06 bits per heavy atom. The van der Waals surface area contributed by atoms with Gasteiger partial charge in [0, 0.05) is 18.0 Å². The van der Waals surface area contributed by atoms with E-state index in [9.17, 15) is 4.79 Å². The van der Waals surface area contributed by atoms with Crippen LogP contribution < -0.4 is 19.8 Å². The molecule has 1 aromatic heterocycles. The van der Waals surface area contributed by atoms with Gasteiger partial charge in [-0.05, 0) is 72.1 Å². The van der Waals surface area contributed by atoms with Crippen molar-refractivity contribution < 1.29 is 14.2 Å². The first-order valence-electron chi connectivity index (χ1n) is 12.6. The van der Waals surface area contributed by atoms with Gasteiger partial charge in [0.1, 0.15) is 12.4 Å². The molecule has 1 aromatic carbocycles. The van der Waals surface area contributed by atoms with Gasteiger partial charge in [0.15, 0.2) is 5.75 Å². The predicted octanol–water partition coefficient (Wildman–Crippen LogP) is 7.45. The lowest BCUT2D eigenvalue weighted by Crippen LogP contribution is -2.25. The summed E-state index contributed by atoms with van der Waals surface area (Å²) in [5.41, 5.74) is 3.24. The van der Waals surface area contributed by atoms with Gasteiger partial charge in [-0.15, -0.1) is 0 Å². The van der Waals surface area contributed by atoms with Gasteiger partial charge < -0.3 is 18.8 Å². The first-order valence-corrected chi connectivity index (χ1v) is 12.6. The van der Waals surface area contributed by atoms with Crippen LogP contribution in [-0.2, 0) is 6.54 Å². The number of benzene rings is 1. The van der Waals surface area contributed by atoms with Gasteiger partial charge in [-0.25, -0.2) is 0 Å². The van der Waals surface area contributed by atoms with Crippen LogP contribution >= 0.6 is 0 Å². The van der Waals surface area contributed by atoms with Crippen LogP contribution in [-0.4, -0.2) is 24.4 Å². The van der Waals surface area contributed by atoms with Crippen LogP contribution in [0.25, 0.3) is 10.9 Å². The van der Waals surface area contributed by atoms with Gasteiger partial charge in [-0.1, -0.05) is 43.4 Å². The van der Waals surface area contributed by atoms with E-state index < -0.39 is 0 Å². The summed E-state index contributed by atoms with van der Waals surface area (Å²) in [7, 11) is 1.64. The van der Waals surface area contributed by atoms with Crippen LogP contribution in [0, 0.1) is 0 Å². The van der Waals surface area contributed by atoms with Gasteiger partial charge >= 0.3 is 0 Å². The molecule has 0 unspecified atom stereocenters. The van der Waals surface area contributed by atoms with Crippen LogP contribution in [0.4, 0.5) is 0 Å². The molecule has 5 heteroatoms. The Morgan fingerprint density at radius 2 is 1.82 bits per heavy atom. The van der Waals surface area contributed by atoms with E-state index in [1.54, 1.807) is 7.11 Å². The molecule has 0 amide bonds. The van der Waals surface area contributed by atoms with Crippen molar-refractivity contribution in [3.05, 3.63) is 51.9 Å². The van der Waals surface area contributed by atoms with Crippen molar-refractivity contribution in [1.82, 2.24) is 4.57 Å². The molecule has 0 atom stereocenters. The fraction of sp³-hybridized carbons (Fsp3) is 0.552. The van der Waals surface area contributed by atoms with E-state index in [1.807, 2.05) is 36.6 Å². The Balaban J connectivity index is 2.46. The van der Waals surface area contributed by atoms with Gasteiger partial charge in [0.05, 0.1) is 18.7 Å². The monoisotopic (exact) mass is 469 g/mol. The second kappa shape index (κ2) is 13.9. The molecular weight excluding hydrogens is 426 g/mol. The molecule has 188 valence electrons. The summed E-state index contributed by atoms with van der Waals surface area (Å²) in [6.07, 6.45) is 10.5. The number of unbranched alkanes of at least 4 members (excludes halogenated alkanes) is 3. The van der Waals surface area contributed by atoms with E-state index in [0.717, 1.165) is 49.4 Å². The summed E-state index contributed by atoms with van der Waals surface area (Å²) in [5, 5.41) is 0.865. The maximum Gasteiger partial charge on any atom is 0.297 e. The average molecular weight is 470 g/mol. The predicted molar refractivity (Wildman–Crippen MR) is 143 cm³/mol. The highest BCUT2D eigenvalue weighted by molar-refractivity contribution is 5.89. The van der Waals surface area contributed by atoms with Crippen LogP contribution in [0.15, 0.2) is 46.3 Å². The Labute approximate surface area is 205 Å². The second-order valence-corrected chi connectivity index (χ2v) is 9.41. The highest BCUT2D eigenvalue weighted by Gasteiger charge is 2.21. The summed E-state index contributed by atoms with van der Waals surface area (Å²) in [6, 6.07) is 5.78. The van der Waals surface area contributed by atoms with E-state index in [4.69, 9.17) is 14.2 Å². The number of allylic oxidation sites excluding steroid dienone is 3. The van der Waals surface area contributed by atoms with Crippen molar-refractivity contribution in [2.45, 2.75) is 92.7 Å². The molecule has 0 saturated carbocycles. The average Bonchev–Trinajstić information content (AvgIpc) is 2.79. The fourth-order valence-corrected chi connectivity index (χ4v) is 3.86. The number of nitrogens with zero attached hydrogens (tertiary/aromatic N) is 1. The SMILES string of the molecule is CCCCCCn1c(=O)c(OC/C=C(\C)CCC=C(C)C)c(OC(C)C)c2ccc(OC)cc21. The van der Waals surface area contributed by atoms with E-state index in [0.29, 0.717) is 24.7 Å². The van der Waals surface area contributed by atoms with Crippen molar-refractivity contribution in [1.29, 1.82) is 0 Å². The summed E-state index contributed by atoms with van der Waals surface area (Å²) in [4.78, 5) is 13.7. The van der Waals surface area contributed by atoms with E-state index in [1.165, 1.54) is 11.1 Å². The number of ether oxygens (including phenoxy) is 3. The zero-order valence-corrected chi connectivity index (χ0v) is 22.2. The number of hydrogen-bond acceptors (Lipinski definition) is 4. The first-order chi connectivity index (χ1) is 16.3. The Bertz CT molecular complexity index is 1040. The number of aromatic nitrogens is 1. The molecule has 0 aliphatic rings. The number of pyridine rings is 1. The highest BCUT2D eigenvalue weighted by Crippen LogP contribution is 2.35. The normalized spacial score (nSPS) is 11.7. The van der Waals surface area contributed by atoms with Crippen LogP contribution in [0.2, 0.25) is 0 Å². The van der Waals surface area contributed by atoms with E-state index in [-0.39, 0.29) is 17.4 Å². The third-order valence-electron chi connectivity index (χ3n) is 5.73. The molecule has 34 heavy (non-hydrogen) atoms. The summed E-state index contributed by atoms with van der Waals surface area (Å²) in [6.45, 7) is 13.4. The minimum absolute atomic E-state index is 0.0891. The van der Waals surface area contributed by atoms with Crippen LogP contribution in [0.5, 0.6) is 17.2 Å². The maximum atomic E-state index is 13.7. The largest absolute Gasteiger partial charge is 0.497 e. The van der Waals surface area contributed by atoms with Crippen molar-refractivity contribution in [2.24, 2.45) is 0 Å². The fourth-order valence-electron chi connectivity index (χ4n) is 3.86. The van der Waals surface area contributed by atoms with Gasteiger partial charge in [-0.3, -0.25) is 4.79 Å². The number of hydrogen-bond donors (Lipinski definition) is 0. The van der Waals surface area contributed by atoms with Gasteiger partial charge in [-0.2, -0.15) is 0 Å². The lowest BCUT2D eigenvalue weighted by molar-refractivity contribution is 0.227. The topological polar surface area (TPSA) is 49.7 Å². The molecule has 2 rings (SSSR count). The zero-order valence-electron chi connectivity index (χ0n) is 22.2. The Morgan fingerprint density at radius 3 is 2.47 bits per heavy atom. The van der Waals surface area contributed by atoms with E-state index in [2.05, 4.69) is 39.8 Å². The molecule has 0 spiro atoms. The minimum Gasteiger partial charge on any atom is -0.497 e.